The summed E-state index contributed by atoms with van der Waals surface area (Å²) >= 11 is 0. The minimum atomic E-state index is -0.512. The first-order valence-electron chi connectivity index (χ1n) is 20.0. The lowest BCUT2D eigenvalue weighted by Gasteiger charge is -2.56. The van der Waals surface area contributed by atoms with E-state index in [9.17, 15) is 9.90 Å². The largest absolute Gasteiger partial charge is 0.392 e. The molecule has 10 nitrogen and oxygen atoms in total. The van der Waals surface area contributed by atoms with Gasteiger partial charge in [0.2, 0.25) is 5.95 Å². The molecule has 10 heteroatoms. The van der Waals surface area contributed by atoms with Gasteiger partial charge in [0.25, 0.3) is 0 Å². The smallest absolute Gasteiger partial charge is 0.315 e. The average Bonchev–Trinajstić information content (AvgIpc) is 3.20. The Morgan fingerprint density at radius 1 is 0.759 bits per heavy atom. The van der Waals surface area contributed by atoms with Gasteiger partial charge in [-0.1, -0.05) is 66.7 Å². The van der Waals surface area contributed by atoms with Crippen molar-refractivity contribution in [3.05, 3.63) is 114 Å². The van der Waals surface area contributed by atoms with E-state index in [2.05, 4.69) is 91.1 Å². The minimum Gasteiger partial charge on any atom is -0.392 e. The van der Waals surface area contributed by atoms with Gasteiger partial charge in [-0.3, -0.25) is 4.90 Å². The molecule has 6 fully saturated rings. The fourth-order valence-corrected chi connectivity index (χ4v) is 10.3. The Bertz CT molecular complexity index is 1850. The highest BCUT2D eigenvalue weighted by molar-refractivity contribution is 5.75. The molecule has 2 amide bonds. The lowest BCUT2D eigenvalue weighted by molar-refractivity contribution is -0.253. The van der Waals surface area contributed by atoms with E-state index in [0.29, 0.717) is 6.54 Å². The standard InChI is InChI=1S/C44H52N6O4/c51-29-30-5-7-36(8-6-30)40-23-39(28-49-15-17-50(18-16-49)42-45-13-2-14-46-42)53-41(54-40)37-11-9-35(10-12-37)38-4-1-3-31(22-38)27-47-43(52)48-44-24-32-19-33(25-44)21-34(20-32)26-44/h1-14,22,32-34,39-41,51H,15-21,23-29H2,(H2,47,48,52). The molecular weight excluding hydrogens is 677 g/mol. The summed E-state index contributed by atoms with van der Waals surface area (Å²) < 4.78 is 13.4. The van der Waals surface area contributed by atoms with Crippen molar-refractivity contribution in [1.82, 2.24) is 25.5 Å². The fourth-order valence-electron chi connectivity index (χ4n) is 10.3. The van der Waals surface area contributed by atoms with Crippen LogP contribution in [0.2, 0.25) is 0 Å². The van der Waals surface area contributed by atoms with Gasteiger partial charge < -0.3 is 30.1 Å². The van der Waals surface area contributed by atoms with Crippen LogP contribution in [0.4, 0.5) is 10.7 Å². The molecule has 0 radical (unpaired) electrons. The Morgan fingerprint density at radius 2 is 1.44 bits per heavy atom. The second-order valence-corrected chi connectivity index (χ2v) is 16.5. The van der Waals surface area contributed by atoms with Crippen LogP contribution in [0.3, 0.4) is 0 Å². The van der Waals surface area contributed by atoms with Crippen LogP contribution in [0, 0.1) is 17.8 Å². The van der Waals surface area contributed by atoms with Gasteiger partial charge in [-0.15, -0.1) is 0 Å². The van der Waals surface area contributed by atoms with Crippen LogP contribution in [-0.4, -0.2) is 70.4 Å². The zero-order valence-electron chi connectivity index (χ0n) is 31.0. The van der Waals surface area contributed by atoms with Crippen LogP contribution < -0.4 is 15.5 Å². The lowest BCUT2D eigenvalue weighted by Crippen LogP contribution is -2.61. The van der Waals surface area contributed by atoms with E-state index in [-0.39, 0.29) is 30.4 Å². The van der Waals surface area contributed by atoms with Gasteiger partial charge in [0.1, 0.15) is 0 Å². The number of rotatable bonds is 10. The Hall–Kier alpha value is -4.35. The molecule has 3 atom stereocenters. The van der Waals surface area contributed by atoms with E-state index >= 15 is 0 Å². The number of hydrogen-bond donors (Lipinski definition) is 3. The molecule has 1 aromatic heterocycles. The molecule has 3 unspecified atom stereocenters. The quantitative estimate of drug-likeness (QED) is 0.164. The number of carbonyl (C=O) groups is 1. The lowest BCUT2D eigenvalue weighted by atomic mass is 9.53. The van der Waals surface area contributed by atoms with Crippen LogP contribution in [0.5, 0.6) is 0 Å². The van der Waals surface area contributed by atoms with Crippen molar-refractivity contribution in [3.8, 4) is 11.1 Å². The third-order valence-corrected chi connectivity index (χ3v) is 12.6. The maximum Gasteiger partial charge on any atom is 0.315 e. The number of urea groups is 1. The third kappa shape index (κ3) is 7.89. The van der Waals surface area contributed by atoms with E-state index in [0.717, 1.165) is 115 Å². The van der Waals surface area contributed by atoms with E-state index in [4.69, 9.17) is 9.47 Å². The van der Waals surface area contributed by atoms with Crippen molar-refractivity contribution in [1.29, 1.82) is 0 Å². The number of carbonyl (C=O) groups excluding carboxylic acids is 1. The minimum absolute atomic E-state index is 0.00659. The van der Waals surface area contributed by atoms with Gasteiger partial charge >= 0.3 is 6.03 Å². The zero-order chi connectivity index (χ0) is 36.5. The van der Waals surface area contributed by atoms with Gasteiger partial charge in [0, 0.05) is 69.2 Å². The van der Waals surface area contributed by atoms with Gasteiger partial charge in [-0.05, 0) is 96.2 Å². The predicted molar refractivity (Wildman–Crippen MR) is 207 cm³/mol. The van der Waals surface area contributed by atoms with E-state index in [1.54, 1.807) is 12.4 Å². The van der Waals surface area contributed by atoms with Crippen molar-refractivity contribution in [3.63, 3.8) is 0 Å². The first-order valence-corrected chi connectivity index (χ1v) is 20.0. The fraction of sp³-hybridized carbons (Fsp3) is 0.477. The van der Waals surface area contributed by atoms with Crippen LogP contribution in [-0.2, 0) is 22.6 Å². The number of aromatic nitrogens is 2. The summed E-state index contributed by atoms with van der Waals surface area (Å²) in [5.74, 6) is 3.18. The molecule has 282 valence electrons. The normalized spacial score (nSPS) is 29.2. The number of piperazine rings is 1. The Labute approximate surface area is 318 Å². The number of anilines is 1. The van der Waals surface area contributed by atoms with Crippen LogP contribution in [0.15, 0.2) is 91.3 Å². The second-order valence-electron chi connectivity index (χ2n) is 16.5. The molecule has 4 bridgehead atoms. The van der Waals surface area contributed by atoms with E-state index < -0.39 is 6.29 Å². The van der Waals surface area contributed by atoms with Gasteiger partial charge in [0.15, 0.2) is 6.29 Å². The molecule has 3 aromatic carbocycles. The van der Waals surface area contributed by atoms with Crippen LogP contribution >= 0.6 is 0 Å². The molecule has 4 aliphatic carbocycles. The molecule has 2 saturated heterocycles. The number of hydrogen-bond acceptors (Lipinski definition) is 8. The van der Waals surface area contributed by atoms with Crippen molar-refractivity contribution < 1.29 is 19.4 Å². The Kier molecular flexibility index (Phi) is 10.1. The molecular formula is C44H52N6O4. The summed E-state index contributed by atoms with van der Waals surface area (Å²) in [7, 11) is 0. The summed E-state index contributed by atoms with van der Waals surface area (Å²) in [4.78, 5) is 26.7. The summed E-state index contributed by atoms with van der Waals surface area (Å²) in [5.41, 5.74) is 6.24. The highest BCUT2D eigenvalue weighted by Crippen LogP contribution is 2.55. The Morgan fingerprint density at radius 3 is 2.13 bits per heavy atom. The number of amides is 2. The Balaban J connectivity index is 0.843. The molecule has 0 spiro atoms. The van der Waals surface area contributed by atoms with Gasteiger partial charge in [0.05, 0.1) is 18.8 Å². The maximum absolute atomic E-state index is 13.1. The molecule has 3 N–H and O–H groups in total. The number of aliphatic hydroxyl groups excluding tert-OH is 1. The van der Waals surface area contributed by atoms with Crippen molar-refractivity contribution >= 4 is 12.0 Å². The number of aliphatic hydroxyl groups is 1. The topological polar surface area (TPSA) is 112 Å². The monoisotopic (exact) mass is 728 g/mol. The first kappa shape index (κ1) is 35.4. The van der Waals surface area contributed by atoms with Crippen LogP contribution in [0.1, 0.15) is 79.6 Å². The summed E-state index contributed by atoms with van der Waals surface area (Å²) in [5, 5.41) is 16.2. The summed E-state index contributed by atoms with van der Waals surface area (Å²) in [6, 6.07) is 26.8. The van der Waals surface area contributed by atoms with Gasteiger partial charge in [-0.2, -0.15) is 0 Å². The highest BCUT2D eigenvalue weighted by Gasteiger charge is 2.51. The summed E-state index contributed by atoms with van der Waals surface area (Å²) in [6.07, 6.45) is 11.2. The first-order chi connectivity index (χ1) is 26.5. The molecule has 4 aromatic rings. The predicted octanol–water partition coefficient (Wildman–Crippen LogP) is 6.77. The van der Waals surface area contributed by atoms with Crippen LogP contribution in [0.25, 0.3) is 11.1 Å². The molecule has 2 aliphatic heterocycles. The second kappa shape index (κ2) is 15.4. The number of nitrogens with one attached hydrogen (secondary N) is 2. The highest BCUT2D eigenvalue weighted by atomic mass is 16.7. The summed E-state index contributed by atoms with van der Waals surface area (Å²) in [6.45, 7) is 4.89. The molecule has 3 heterocycles. The average molecular weight is 729 g/mol. The van der Waals surface area contributed by atoms with Crippen molar-refractivity contribution in [2.45, 2.75) is 82.1 Å². The maximum atomic E-state index is 13.1. The van der Waals surface area contributed by atoms with E-state index in [1.807, 2.05) is 18.2 Å². The number of ether oxygens (including phenoxy) is 2. The molecule has 4 saturated carbocycles. The molecule has 54 heavy (non-hydrogen) atoms. The SMILES string of the molecule is O=C(NCc1cccc(-c2ccc(C3OC(CN4CCN(c5ncccn5)CC4)CC(c4ccc(CO)cc4)O3)cc2)c1)NC12CC3CC(CC(C3)C1)C2. The third-order valence-electron chi connectivity index (χ3n) is 12.6. The zero-order valence-corrected chi connectivity index (χ0v) is 31.0. The van der Waals surface area contributed by atoms with Crippen molar-refractivity contribution in [2.24, 2.45) is 17.8 Å². The van der Waals surface area contributed by atoms with Crippen molar-refractivity contribution in [2.75, 3.05) is 37.6 Å². The van der Waals surface area contributed by atoms with Gasteiger partial charge in [-0.25, -0.2) is 14.8 Å². The molecule has 6 aliphatic rings. The number of benzene rings is 3. The molecule has 10 rings (SSSR count). The number of nitrogens with zero attached hydrogens (tertiary/aromatic N) is 4. The van der Waals surface area contributed by atoms with E-state index in [1.165, 1.54) is 19.3 Å².